The van der Waals surface area contributed by atoms with Crippen LogP contribution in [0, 0.1) is 0 Å². The van der Waals surface area contributed by atoms with Crippen molar-refractivity contribution in [3.05, 3.63) is 53.1 Å². The molecule has 34 heavy (non-hydrogen) atoms. The van der Waals surface area contributed by atoms with Crippen molar-refractivity contribution in [3.63, 3.8) is 0 Å². The smallest absolute Gasteiger partial charge is 0.411 e. The predicted octanol–water partition coefficient (Wildman–Crippen LogP) is 4.04. The topological polar surface area (TPSA) is 95.1 Å². The van der Waals surface area contributed by atoms with E-state index in [-0.39, 0.29) is 17.7 Å². The van der Waals surface area contributed by atoms with Crippen molar-refractivity contribution in [2.24, 2.45) is 0 Å². The van der Waals surface area contributed by atoms with Gasteiger partial charge in [0.1, 0.15) is 6.61 Å². The summed E-state index contributed by atoms with van der Waals surface area (Å²) in [6.45, 7) is 4.82. The lowest BCUT2D eigenvalue weighted by atomic mass is 10.1. The van der Waals surface area contributed by atoms with Crippen LogP contribution in [0.1, 0.15) is 47.1 Å². The van der Waals surface area contributed by atoms with Crippen molar-refractivity contribution in [1.29, 1.82) is 0 Å². The first-order valence-electron chi connectivity index (χ1n) is 10.6. The fourth-order valence-corrected chi connectivity index (χ4v) is 2.81. The van der Waals surface area contributed by atoms with Gasteiger partial charge in [0.2, 0.25) is 5.75 Å². The zero-order valence-corrected chi connectivity index (χ0v) is 19.1. The van der Waals surface area contributed by atoms with E-state index in [4.69, 9.17) is 14.2 Å². The molecule has 0 saturated carbocycles. The summed E-state index contributed by atoms with van der Waals surface area (Å²) in [5, 5.41) is 0. The highest BCUT2D eigenvalue weighted by Gasteiger charge is 2.27. The fraction of sp³-hybridized carbons (Fsp3) is 0.391. The molecule has 2 aromatic carbocycles. The third-order valence-corrected chi connectivity index (χ3v) is 4.21. The molecule has 0 unspecified atom stereocenters. The molecule has 0 aromatic heterocycles. The molecule has 2 amide bonds. The van der Waals surface area contributed by atoms with Crippen LogP contribution in [0.3, 0.4) is 0 Å². The minimum Gasteiger partial charge on any atom is -0.490 e. The van der Waals surface area contributed by atoms with Crippen LogP contribution in [0.15, 0.2) is 36.4 Å². The Hall–Kier alpha value is -3.47. The number of halogens is 3. The first-order valence-corrected chi connectivity index (χ1v) is 10.6. The quantitative estimate of drug-likeness (QED) is 0.468. The number of alkyl halides is 3. The van der Waals surface area contributed by atoms with E-state index in [1.54, 1.807) is 13.8 Å². The molecule has 0 bridgehead atoms. The van der Waals surface area contributed by atoms with Gasteiger partial charge < -0.3 is 18.9 Å². The maximum atomic E-state index is 12.6. The van der Waals surface area contributed by atoms with E-state index in [0.717, 1.165) is 0 Å². The molecule has 8 nitrogen and oxygen atoms in total. The lowest BCUT2D eigenvalue weighted by Gasteiger charge is -2.17. The molecule has 0 aliphatic rings. The second kappa shape index (κ2) is 12.7. The van der Waals surface area contributed by atoms with Gasteiger partial charge in [-0.2, -0.15) is 13.2 Å². The van der Waals surface area contributed by atoms with Crippen LogP contribution in [-0.2, 0) is 11.3 Å². The average molecular weight is 484 g/mol. The minimum atomic E-state index is -4.41. The Bertz CT molecular complexity index is 937. The van der Waals surface area contributed by atoms with Crippen LogP contribution >= 0.6 is 0 Å². The first kappa shape index (κ1) is 26.8. The normalized spacial score (nSPS) is 11.0. The highest BCUT2D eigenvalue weighted by molar-refractivity contribution is 5.99. The number of carbonyl (C=O) groups is 2. The Morgan fingerprint density at radius 2 is 1.29 bits per heavy atom. The van der Waals surface area contributed by atoms with Crippen LogP contribution in [0.2, 0.25) is 0 Å². The van der Waals surface area contributed by atoms with Crippen molar-refractivity contribution in [1.82, 2.24) is 10.9 Å². The Labute approximate surface area is 195 Å². The number of ether oxygens (including phenoxy) is 4. The highest BCUT2D eigenvalue weighted by Crippen LogP contribution is 2.39. The second-order valence-electron chi connectivity index (χ2n) is 6.81. The van der Waals surface area contributed by atoms with E-state index in [9.17, 15) is 22.8 Å². The van der Waals surface area contributed by atoms with Gasteiger partial charge >= 0.3 is 6.18 Å². The van der Waals surface area contributed by atoms with Crippen molar-refractivity contribution >= 4 is 11.8 Å². The zero-order valence-electron chi connectivity index (χ0n) is 19.1. The molecule has 0 saturated heterocycles. The van der Waals surface area contributed by atoms with Gasteiger partial charge in [-0.1, -0.05) is 12.1 Å². The Morgan fingerprint density at radius 3 is 1.76 bits per heavy atom. The van der Waals surface area contributed by atoms with Gasteiger partial charge in [-0.3, -0.25) is 20.4 Å². The molecule has 11 heteroatoms. The Kier molecular flexibility index (Phi) is 9.99. The molecule has 2 rings (SSSR count). The van der Waals surface area contributed by atoms with E-state index >= 15 is 0 Å². The third kappa shape index (κ3) is 8.14. The first-order chi connectivity index (χ1) is 16.2. The molecule has 0 radical (unpaired) electrons. The third-order valence-electron chi connectivity index (χ3n) is 4.21. The summed E-state index contributed by atoms with van der Waals surface area (Å²) in [5.41, 5.74) is 5.43. The summed E-state index contributed by atoms with van der Waals surface area (Å²) < 4.78 is 57.8. The molecule has 2 N–H and O–H groups in total. The van der Waals surface area contributed by atoms with Crippen LogP contribution in [-0.4, -0.2) is 44.4 Å². The molecule has 0 spiro atoms. The molecule has 2 aromatic rings. The number of hydrogen-bond donors (Lipinski definition) is 2. The Morgan fingerprint density at radius 1 is 0.794 bits per heavy atom. The van der Waals surface area contributed by atoms with Gasteiger partial charge in [-0.15, -0.1) is 0 Å². The summed E-state index contributed by atoms with van der Waals surface area (Å²) >= 11 is 0. The number of rotatable bonds is 11. The highest BCUT2D eigenvalue weighted by atomic mass is 19.4. The van der Waals surface area contributed by atoms with Gasteiger partial charge in [-0.05, 0) is 50.6 Å². The largest absolute Gasteiger partial charge is 0.490 e. The number of hydrazine groups is 1. The standard InChI is InChI=1S/C23H27F3N2O6/c1-4-32-18-11-17(12-19(33-5-2)20(18)34-6-3)22(30)28-27-21(29)16-9-7-15(8-10-16)13-31-14-23(24,25)26/h7-12H,4-6,13-14H2,1-3H3,(H,27,29)(H,28,30). The molecule has 0 aliphatic heterocycles. The summed E-state index contributed by atoms with van der Waals surface area (Å²) in [7, 11) is 0. The molecule has 0 heterocycles. The summed E-state index contributed by atoms with van der Waals surface area (Å²) in [6, 6.07) is 8.70. The lowest BCUT2D eigenvalue weighted by Crippen LogP contribution is -2.41. The molecule has 0 atom stereocenters. The molecule has 0 fully saturated rings. The molecule has 0 aliphatic carbocycles. The maximum absolute atomic E-state index is 12.6. The van der Waals surface area contributed by atoms with E-state index in [1.807, 2.05) is 6.92 Å². The van der Waals surface area contributed by atoms with Crippen LogP contribution < -0.4 is 25.1 Å². The van der Waals surface area contributed by atoms with Crippen molar-refractivity contribution < 1.29 is 41.7 Å². The van der Waals surface area contributed by atoms with Gasteiger partial charge in [-0.25, -0.2) is 0 Å². The summed E-state index contributed by atoms with van der Waals surface area (Å²) in [4.78, 5) is 25.0. The van der Waals surface area contributed by atoms with E-state index < -0.39 is 24.6 Å². The average Bonchev–Trinajstić information content (AvgIpc) is 2.79. The van der Waals surface area contributed by atoms with Gasteiger partial charge in [0.15, 0.2) is 11.5 Å². The zero-order chi connectivity index (χ0) is 25.1. The minimum absolute atomic E-state index is 0.174. The SMILES string of the molecule is CCOc1cc(C(=O)NNC(=O)c2ccc(COCC(F)(F)F)cc2)cc(OCC)c1OCC. The summed E-state index contributed by atoms with van der Waals surface area (Å²) in [6.07, 6.45) is -4.41. The number of carbonyl (C=O) groups excluding carboxylic acids is 2. The van der Waals surface area contributed by atoms with Crippen LogP contribution in [0.4, 0.5) is 13.2 Å². The predicted molar refractivity (Wildman–Crippen MR) is 117 cm³/mol. The number of benzene rings is 2. The van der Waals surface area contributed by atoms with Gasteiger partial charge in [0, 0.05) is 11.1 Å². The van der Waals surface area contributed by atoms with Crippen LogP contribution in [0.25, 0.3) is 0 Å². The second-order valence-corrected chi connectivity index (χ2v) is 6.81. The van der Waals surface area contributed by atoms with E-state index in [2.05, 4.69) is 15.6 Å². The van der Waals surface area contributed by atoms with Crippen molar-refractivity contribution in [2.75, 3.05) is 26.4 Å². The Balaban J connectivity index is 2.03. The number of nitrogens with one attached hydrogen (secondary N) is 2. The van der Waals surface area contributed by atoms with E-state index in [1.165, 1.54) is 36.4 Å². The van der Waals surface area contributed by atoms with Crippen molar-refractivity contribution in [2.45, 2.75) is 33.6 Å². The maximum Gasteiger partial charge on any atom is 0.411 e. The van der Waals surface area contributed by atoms with Crippen molar-refractivity contribution in [3.8, 4) is 17.2 Å². The van der Waals surface area contributed by atoms with Gasteiger partial charge in [0.25, 0.3) is 11.8 Å². The molecular weight excluding hydrogens is 457 g/mol. The number of hydrogen-bond acceptors (Lipinski definition) is 6. The summed E-state index contributed by atoms with van der Waals surface area (Å²) in [5.74, 6) is -0.191. The lowest BCUT2D eigenvalue weighted by molar-refractivity contribution is -0.176. The molecule has 186 valence electrons. The monoisotopic (exact) mass is 484 g/mol. The molecular formula is C23H27F3N2O6. The number of amides is 2. The van der Waals surface area contributed by atoms with Gasteiger partial charge in [0.05, 0.1) is 26.4 Å². The van der Waals surface area contributed by atoms with E-state index in [0.29, 0.717) is 42.6 Å². The van der Waals surface area contributed by atoms with Crippen LogP contribution in [0.5, 0.6) is 17.2 Å². The fourth-order valence-electron chi connectivity index (χ4n) is 2.81.